The van der Waals surface area contributed by atoms with Gasteiger partial charge < -0.3 is 9.64 Å². The van der Waals surface area contributed by atoms with Gasteiger partial charge in [0.2, 0.25) is 5.91 Å². The Hall–Kier alpha value is -2.10. The van der Waals surface area contributed by atoms with Gasteiger partial charge in [-0.15, -0.1) is 0 Å². The van der Waals surface area contributed by atoms with Gasteiger partial charge in [-0.25, -0.2) is 4.79 Å². The average Bonchev–Trinajstić information content (AvgIpc) is 2.83. The van der Waals surface area contributed by atoms with Crippen molar-refractivity contribution in [1.82, 2.24) is 4.90 Å². The van der Waals surface area contributed by atoms with Crippen LogP contribution in [0.2, 0.25) is 0 Å². The SMILES string of the molecule is COC(=O)C=C(c1ccc(C)cc1)N1CCCC1=O. The summed E-state index contributed by atoms with van der Waals surface area (Å²) in [6.07, 6.45) is 2.74. The molecular formula is C15H17NO3. The van der Waals surface area contributed by atoms with Crippen molar-refractivity contribution >= 4 is 17.6 Å². The maximum atomic E-state index is 11.9. The first kappa shape index (κ1) is 13.3. The second kappa shape index (κ2) is 5.69. The van der Waals surface area contributed by atoms with Gasteiger partial charge in [0.15, 0.2) is 0 Å². The summed E-state index contributed by atoms with van der Waals surface area (Å²) < 4.78 is 4.67. The maximum Gasteiger partial charge on any atom is 0.332 e. The number of esters is 1. The van der Waals surface area contributed by atoms with E-state index in [2.05, 4.69) is 4.74 Å². The Kier molecular flexibility index (Phi) is 4.00. The Morgan fingerprint density at radius 1 is 1.32 bits per heavy atom. The summed E-state index contributed by atoms with van der Waals surface area (Å²) in [5.74, 6) is -0.397. The lowest BCUT2D eigenvalue weighted by Gasteiger charge is -2.20. The van der Waals surface area contributed by atoms with Crippen molar-refractivity contribution in [3.63, 3.8) is 0 Å². The number of ether oxygens (including phenoxy) is 1. The van der Waals surface area contributed by atoms with Crippen molar-refractivity contribution in [3.8, 4) is 0 Å². The monoisotopic (exact) mass is 259 g/mol. The minimum atomic E-state index is -0.449. The lowest BCUT2D eigenvalue weighted by molar-refractivity contribution is -0.134. The van der Waals surface area contributed by atoms with Crippen LogP contribution in [0.15, 0.2) is 30.3 Å². The van der Waals surface area contributed by atoms with Crippen LogP contribution < -0.4 is 0 Å². The van der Waals surface area contributed by atoms with E-state index in [1.807, 2.05) is 31.2 Å². The summed E-state index contributed by atoms with van der Waals surface area (Å²) in [6, 6.07) is 7.74. The third-order valence-electron chi connectivity index (χ3n) is 3.17. The Morgan fingerprint density at radius 3 is 2.53 bits per heavy atom. The molecule has 1 heterocycles. The number of hydrogen-bond donors (Lipinski definition) is 0. The van der Waals surface area contributed by atoms with Gasteiger partial charge in [-0.2, -0.15) is 0 Å². The molecule has 2 rings (SSSR count). The van der Waals surface area contributed by atoms with Gasteiger partial charge in [-0.05, 0) is 18.9 Å². The molecule has 0 radical (unpaired) electrons. The summed E-state index contributed by atoms with van der Waals surface area (Å²) >= 11 is 0. The number of amides is 1. The number of benzene rings is 1. The molecule has 1 aliphatic rings. The van der Waals surface area contributed by atoms with Crippen LogP contribution in [-0.2, 0) is 14.3 Å². The van der Waals surface area contributed by atoms with E-state index in [-0.39, 0.29) is 5.91 Å². The molecule has 0 saturated carbocycles. The van der Waals surface area contributed by atoms with Crippen molar-refractivity contribution in [2.45, 2.75) is 19.8 Å². The van der Waals surface area contributed by atoms with Gasteiger partial charge in [0.25, 0.3) is 0 Å². The van der Waals surface area contributed by atoms with E-state index in [1.54, 1.807) is 4.90 Å². The van der Waals surface area contributed by atoms with Gasteiger partial charge in [0.05, 0.1) is 12.8 Å². The smallest absolute Gasteiger partial charge is 0.332 e. The Labute approximate surface area is 112 Å². The predicted molar refractivity (Wildman–Crippen MR) is 72.1 cm³/mol. The quantitative estimate of drug-likeness (QED) is 0.617. The van der Waals surface area contributed by atoms with E-state index >= 15 is 0 Å². The Bertz CT molecular complexity index is 517. The average molecular weight is 259 g/mol. The van der Waals surface area contributed by atoms with E-state index in [0.717, 1.165) is 17.5 Å². The molecule has 19 heavy (non-hydrogen) atoms. The summed E-state index contributed by atoms with van der Waals surface area (Å²) in [4.78, 5) is 25.0. The molecule has 1 aromatic rings. The van der Waals surface area contributed by atoms with Crippen LogP contribution in [0.3, 0.4) is 0 Å². The summed E-state index contributed by atoms with van der Waals surface area (Å²) in [5.41, 5.74) is 2.61. The molecule has 4 nitrogen and oxygen atoms in total. The maximum absolute atomic E-state index is 11.9. The molecule has 1 aromatic carbocycles. The van der Waals surface area contributed by atoms with Crippen LogP contribution in [0.25, 0.3) is 5.70 Å². The number of carbonyl (C=O) groups is 2. The number of carbonyl (C=O) groups excluding carboxylic acids is 2. The van der Waals surface area contributed by atoms with Crippen LogP contribution in [-0.4, -0.2) is 30.4 Å². The molecule has 0 spiro atoms. The lowest BCUT2D eigenvalue weighted by atomic mass is 10.1. The molecule has 1 aliphatic heterocycles. The third kappa shape index (κ3) is 3.02. The fourth-order valence-electron chi connectivity index (χ4n) is 2.11. The van der Waals surface area contributed by atoms with Crippen LogP contribution >= 0.6 is 0 Å². The van der Waals surface area contributed by atoms with E-state index in [4.69, 9.17) is 0 Å². The van der Waals surface area contributed by atoms with E-state index in [0.29, 0.717) is 18.7 Å². The highest BCUT2D eigenvalue weighted by Crippen LogP contribution is 2.25. The fraction of sp³-hybridized carbons (Fsp3) is 0.333. The van der Waals surface area contributed by atoms with E-state index in [9.17, 15) is 9.59 Å². The highest BCUT2D eigenvalue weighted by Gasteiger charge is 2.25. The fourth-order valence-corrected chi connectivity index (χ4v) is 2.11. The number of nitrogens with zero attached hydrogens (tertiary/aromatic N) is 1. The number of hydrogen-bond acceptors (Lipinski definition) is 3. The zero-order valence-corrected chi connectivity index (χ0v) is 11.2. The molecule has 0 N–H and O–H groups in total. The summed E-state index contributed by atoms with van der Waals surface area (Å²) in [7, 11) is 1.33. The van der Waals surface area contributed by atoms with E-state index in [1.165, 1.54) is 13.2 Å². The second-order valence-corrected chi connectivity index (χ2v) is 4.57. The minimum absolute atomic E-state index is 0.0516. The molecule has 4 heteroatoms. The molecule has 1 amide bonds. The largest absolute Gasteiger partial charge is 0.466 e. The van der Waals surface area contributed by atoms with Gasteiger partial charge >= 0.3 is 5.97 Å². The molecule has 0 aliphatic carbocycles. The number of rotatable bonds is 3. The highest BCUT2D eigenvalue weighted by molar-refractivity contribution is 5.96. The van der Waals surface area contributed by atoms with Gasteiger partial charge in [-0.1, -0.05) is 29.8 Å². The van der Waals surface area contributed by atoms with Crippen LogP contribution in [0.1, 0.15) is 24.0 Å². The second-order valence-electron chi connectivity index (χ2n) is 4.57. The van der Waals surface area contributed by atoms with Crippen molar-refractivity contribution in [2.75, 3.05) is 13.7 Å². The molecule has 0 aromatic heterocycles. The summed E-state index contributed by atoms with van der Waals surface area (Å²) in [5, 5.41) is 0. The first-order valence-corrected chi connectivity index (χ1v) is 6.29. The van der Waals surface area contributed by atoms with Crippen molar-refractivity contribution in [1.29, 1.82) is 0 Å². The van der Waals surface area contributed by atoms with Crippen molar-refractivity contribution in [3.05, 3.63) is 41.5 Å². The Balaban J connectivity index is 2.39. The first-order chi connectivity index (χ1) is 9.11. The van der Waals surface area contributed by atoms with Crippen LogP contribution in [0.5, 0.6) is 0 Å². The summed E-state index contributed by atoms with van der Waals surface area (Å²) in [6.45, 7) is 2.64. The normalized spacial score (nSPS) is 15.8. The number of aryl methyl sites for hydroxylation is 1. The standard InChI is InChI=1S/C15H17NO3/c1-11-5-7-12(8-6-11)13(10-15(18)19-2)16-9-3-4-14(16)17/h5-8,10H,3-4,9H2,1-2H3. The molecule has 100 valence electrons. The molecule has 0 unspecified atom stereocenters. The highest BCUT2D eigenvalue weighted by atomic mass is 16.5. The zero-order valence-electron chi connectivity index (χ0n) is 11.2. The molecule has 1 saturated heterocycles. The minimum Gasteiger partial charge on any atom is -0.466 e. The molecule has 0 bridgehead atoms. The predicted octanol–water partition coefficient (Wildman–Crippen LogP) is 2.13. The number of likely N-dealkylation sites (tertiary alicyclic amines) is 1. The van der Waals surface area contributed by atoms with Crippen LogP contribution in [0, 0.1) is 6.92 Å². The first-order valence-electron chi connectivity index (χ1n) is 6.29. The molecular weight excluding hydrogens is 242 g/mol. The lowest BCUT2D eigenvalue weighted by Crippen LogP contribution is -2.23. The molecule has 1 fully saturated rings. The van der Waals surface area contributed by atoms with Gasteiger partial charge in [0, 0.05) is 19.0 Å². The third-order valence-corrected chi connectivity index (χ3v) is 3.17. The zero-order chi connectivity index (χ0) is 13.8. The molecule has 0 atom stereocenters. The van der Waals surface area contributed by atoms with E-state index < -0.39 is 5.97 Å². The number of methoxy groups -OCH3 is 1. The van der Waals surface area contributed by atoms with Crippen LogP contribution in [0.4, 0.5) is 0 Å². The van der Waals surface area contributed by atoms with Gasteiger partial charge in [-0.3, -0.25) is 4.79 Å². The van der Waals surface area contributed by atoms with Crippen molar-refractivity contribution < 1.29 is 14.3 Å². The van der Waals surface area contributed by atoms with Gasteiger partial charge in [0.1, 0.15) is 0 Å². The Morgan fingerprint density at radius 2 is 2.00 bits per heavy atom. The topological polar surface area (TPSA) is 46.6 Å². The van der Waals surface area contributed by atoms with Crippen molar-refractivity contribution in [2.24, 2.45) is 0 Å².